The van der Waals surface area contributed by atoms with Gasteiger partial charge in [0.1, 0.15) is 0 Å². The maximum Gasteiger partial charge on any atom is 0.244 e. The van der Waals surface area contributed by atoms with E-state index in [-0.39, 0.29) is 11.5 Å². The first kappa shape index (κ1) is 14.5. The van der Waals surface area contributed by atoms with E-state index in [1.807, 2.05) is 24.3 Å². The molecule has 0 saturated carbocycles. The van der Waals surface area contributed by atoms with Crippen LogP contribution < -0.4 is 5.32 Å². The van der Waals surface area contributed by atoms with Gasteiger partial charge in [-0.3, -0.25) is 0 Å². The molecule has 5 heteroatoms. The van der Waals surface area contributed by atoms with Crippen LogP contribution in [0.4, 0.5) is 0 Å². The monoisotopic (exact) mass is 305 g/mol. The number of aromatic nitrogens is 2. The molecule has 1 aromatic heterocycles. The van der Waals surface area contributed by atoms with Crippen LogP contribution in [0.25, 0.3) is 0 Å². The van der Waals surface area contributed by atoms with Crippen LogP contribution in [0, 0.1) is 5.41 Å². The average molecular weight is 306 g/mol. The number of halogens is 1. The second kappa shape index (κ2) is 5.78. The number of hydrogen-bond donors (Lipinski definition) is 1. The van der Waals surface area contributed by atoms with Gasteiger partial charge >= 0.3 is 0 Å². The van der Waals surface area contributed by atoms with Crippen molar-refractivity contribution in [3.8, 4) is 0 Å². The van der Waals surface area contributed by atoms with E-state index in [0.717, 1.165) is 23.6 Å². The lowest BCUT2D eigenvalue weighted by molar-refractivity contribution is 0.146. The molecule has 1 aromatic carbocycles. The summed E-state index contributed by atoms with van der Waals surface area (Å²) >= 11 is 6.18. The fraction of sp³-hybridized carbons (Fsp3) is 0.500. The predicted octanol–water partition coefficient (Wildman–Crippen LogP) is 3.76. The minimum atomic E-state index is 0.124. The van der Waals surface area contributed by atoms with E-state index in [4.69, 9.17) is 16.1 Å². The zero-order valence-electron chi connectivity index (χ0n) is 12.4. The first-order valence-electron chi connectivity index (χ1n) is 7.35. The van der Waals surface area contributed by atoms with Gasteiger partial charge in [0.15, 0.2) is 5.82 Å². The third kappa shape index (κ3) is 3.11. The number of nitrogens with one attached hydrogen (secondary N) is 1. The highest BCUT2D eigenvalue weighted by Crippen LogP contribution is 2.39. The van der Waals surface area contributed by atoms with Crippen LogP contribution in [0.1, 0.15) is 50.0 Å². The Morgan fingerprint density at radius 1 is 1.38 bits per heavy atom. The van der Waals surface area contributed by atoms with Crippen LogP contribution in [0.3, 0.4) is 0 Å². The zero-order valence-corrected chi connectivity index (χ0v) is 13.2. The fourth-order valence-electron chi connectivity index (χ4n) is 2.90. The predicted molar refractivity (Wildman–Crippen MR) is 82.3 cm³/mol. The number of hydrogen-bond acceptors (Lipinski definition) is 4. The van der Waals surface area contributed by atoms with Gasteiger partial charge in [-0.2, -0.15) is 4.98 Å². The molecule has 2 heterocycles. The molecular weight excluding hydrogens is 286 g/mol. The van der Waals surface area contributed by atoms with Crippen molar-refractivity contribution < 1.29 is 4.52 Å². The Morgan fingerprint density at radius 3 is 2.95 bits per heavy atom. The van der Waals surface area contributed by atoms with Gasteiger partial charge in [-0.15, -0.1) is 0 Å². The molecule has 1 fully saturated rings. The van der Waals surface area contributed by atoms with E-state index >= 15 is 0 Å². The van der Waals surface area contributed by atoms with Gasteiger partial charge in [0.25, 0.3) is 0 Å². The highest BCUT2D eigenvalue weighted by molar-refractivity contribution is 6.31. The first-order chi connectivity index (χ1) is 10.1. The van der Waals surface area contributed by atoms with Crippen LogP contribution in [0.15, 0.2) is 28.8 Å². The summed E-state index contributed by atoms with van der Waals surface area (Å²) in [5.41, 5.74) is 1.15. The highest BCUT2D eigenvalue weighted by atomic mass is 35.5. The van der Waals surface area contributed by atoms with Crippen molar-refractivity contribution in [3.63, 3.8) is 0 Å². The van der Waals surface area contributed by atoms with Gasteiger partial charge < -0.3 is 9.84 Å². The van der Waals surface area contributed by atoms with Crippen molar-refractivity contribution in [1.29, 1.82) is 0 Å². The van der Waals surface area contributed by atoms with E-state index in [0.29, 0.717) is 18.1 Å². The van der Waals surface area contributed by atoms with Crippen LogP contribution in [-0.2, 0) is 6.42 Å². The van der Waals surface area contributed by atoms with E-state index in [9.17, 15) is 0 Å². The van der Waals surface area contributed by atoms with E-state index in [1.54, 1.807) is 0 Å². The molecule has 0 aliphatic carbocycles. The smallest absolute Gasteiger partial charge is 0.244 e. The molecule has 1 saturated heterocycles. The van der Waals surface area contributed by atoms with Gasteiger partial charge in [0.05, 0.1) is 6.04 Å². The van der Waals surface area contributed by atoms with Crippen LogP contribution >= 0.6 is 11.6 Å². The molecule has 1 aliphatic rings. The summed E-state index contributed by atoms with van der Waals surface area (Å²) in [6.07, 6.45) is 2.94. The summed E-state index contributed by atoms with van der Waals surface area (Å²) in [6, 6.07) is 7.87. The van der Waals surface area contributed by atoms with E-state index in [1.165, 1.54) is 6.42 Å². The van der Waals surface area contributed by atoms with Gasteiger partial charge in [0.2, 0.25) is 5.89 Å². The normalized spacial score (nSPS) is 21.4. The Hall–Kier alpha value is -1.39. The van der Waals surface area contributed by atoms with Crippen molar-refractivity contribution in [3.05, 3.63) is 46.6 Å². The van der Waals surface area contributed by atoms with Gasteiger partial charge in [-0.05, 0) is 36.4 Å². The lowest BCUT2D eigenvalue weighted by Gasteiger charge is -2.36. The minimum absolute atomic E-state index is 0.124. The van der Waals surface area contributed by atoms with Gasteiger partial charge in [0, 0.05) is 11.4 Å². The maximum absolute atomic E-state index is 6.18. The van der Waals surface area contributed by atoms with E-state index < -0.39 is 0 Å². The molecule has 1 atom stereocenters. The number of rotatable bonds is 3. The van der Waals surface area contributed by atoms with Crippen LogP contribution in [0.5, 0.6) is 0 Å². The summed E-state index contributed by atoms with van der Waals surface area (Å²) in [7, 11) is 0. The maximum atomic E-state index is 6.18. The summed E-state index contributed by atoms with van der Waals surface area (Å²) in [5.74, 6) is 1.36. The largest absolute Gasteiger partial charge is 0.338 e. The molecular formula is C16H20ClN3O. The Morgan fingerprint density at radius 2 is 2.19 bits per heavy atom. The summed E-state index contributed by atoms with van der Waals surface area (Å²) in [5, 5.41) is 8.34. The third-order valence-electron chi connectivity index (χ3n) is 4.16. The Bertz CT molecular complexity index is 623. The molecule has 0 radical (unpaired) electrons. The fourth-order valence-corrected chi connectivity index (χ4v) is 3.10. The Kier molecular flexibility index (Phi) is 4.00. The second-order valence-electron chi connectivity index (χ2n) is 6.30. The van der Waals surface area contributed by atoms with Crippen molar-refractivity contribution in [2.45, 2.75) is 39.2 Å². The summed E-state index contributed by atoms with van der Waals surface area (Å²) in [6.45, 7) is 5.47. The Labute approximate surface area is 129 Å². The summed E-state index contributed by atoms with van der Waals surface area (Å²) < 4.78 is 5.49. The molecule has 0 spiro atoms. The summed E-state index contributed by atoms with van der Waals surface area (Å²) in [4.78, 5) is 4.57. The molecule has 0 amide bonds. The van der Waals surface area contributed by atoms with Gasteiger partial charge in [-0.1, -0.05) is 48.8 Å². The third-order valence-corrected chi connectivity index (χ3v) is 4.53. The van der Waals surface area contributed by atoms with Crippen molar-refractivity contribution >= 4 is 11.6 Å². The number of nitrogens with zero attached hydrogens (tertiary/aromatic N) is 2. The molecule has 2 aromatic rings. The standard InChI is InChI=1S/C16H20ClN3O/c1-16(2)8-5-9-18-14(16)15-19-13(20-21-15)10-11-6-3-4-7-12(11)17/h3-4,6-7,14,18H,5,8-10H2,1-2H3. The number of benzene rings is 1. The zero-order chi connectivity index (χ0) is 14.9. The second-order valence-corrected chi connectivity index (χ2v) is 6.70. The molecule has 1 N–H and O–H groups in total. The molecule has 21 heavy (non-hydrogen) atoms. The van der Waals surface area contributed by atoms with E-state index in [2.05, 4.69) is 29.3 Å². The van der Waals surface area contributed by atoms with Crippen molar-refractivity contribution in [2.75, 3.05) is 6.54 Å². The van der Waals surface area contributed by atoms with Crippen LogP contribution in [0.2, 0.25) is 5.02 Å². The molecule has 4 nitrogen and oxygen atoms in total. The van der Waals surface area contributed by atoms with Crippen LogP contribution in [-0.4, -0.2) is 16.7 Å². The highest BCUT2D eigenvalue weighted by Gasteiger charge is 2.36. The van der Waals surface area contributed by atoms with Gasteiger partial charge in [-0.25, -0.2) is 0 Å². The number of piperidine rings is 1. The lowest BCUT2D eigenvalue weighted by Crippen LogP contribution is -2.39. The minimum Gasteiger partial charge on any atom is -0.338 e. The molecule has 1 unspecified atom stereocenters. The molecule has 112 valence electrons. The lowest BCUT2D eigenvalue weighted by atomic mass is 9.77. The first-order valence-corrected chi connectivity index (χ1v) is 7.73. The topological polar surface area (TPSA) is 51.0 Å². The molecule has 1 aliphatic heterocycles. The average Bonchev–Trinajstić information content (AvgIpc) is 2.89. The van der Waals surface area contributed by atoms with Crippen molar-refractivity contribution in [1.82, 2.24) is 15.5 Å². The SMILES string of the molecule is CC1(C)CCCNC1c1nc(Cc2ccccc2Cl)no1. The quantitative estimate of drug-likeness (QED) is 0.938. The molecule has 0 bridgehead atoms. The van der Waals surface area contributed by atoms with Crippen molar-refractivity contribution in [2.24, 2.45) is 5.41 Å². The Balaban J connectivity index is 1.79. The molecule has 3 rings (SSSR count).